The van der Waals surface area contributed by atoms with Crippen LogP contribution in [0.5, 0.6) is 0 Å². The summed E-state index contributed by atoms with van der Waals surface area (Å²) in [5.74, 6) is 0. The van der Waals surface area contributed by atoms with Crippen LogP contribution in [0.2, 0.25) is 0 Å². The van der Waals surface area contributed by atoms with Crippen LogP contribution in [0.25, 0.3) is 5.69 Å². The molecule has 2 aromatic rings. The number of para-hydroxylation sites is 1. The topological polar surface area (TPSA) is 29.9 Å². The molecule has 0 saturated heterocycles. The van der Waals surface area contributed by atoms with E-state index in [1.807, 2.05) is 29.1 Å². The molecule has 1 aromatic carbocycles. The molecule has 96 valence electrons. The molecule has 1 heterocycles. The molecule has 0 fully saturated rings. The molecular formula is C15H21N3. The SMILES string of the molecule is CCc1c(CNC(C)C)cnn1-c1ccccc1. The number of benzene rings is 1. The summed E-state index contributed by atoms with van der Waals surface area (Å²) >= 11 is 0. The largest absolute Gasteiger partial charge is 0.310 e. The minimum absolute atomic E-state index is 0.495. The number of hydrogen-bond donors (Lipinski definition) is 1. The highest BCUT2D eigenvalue weighted by Gasteiger charge is 2.10. The van der Waals surface area contributed by atoms with Gasteiger partial charge in [0.25, 0.3) is 0 Å². The van der Waals surface area contributed by atoms with Crippen LogP contribution in [0.15, 0.2) is 36.5 Å². The van der Waals surface area contributed by atoms with Gasteiger partial charge in [-0.15, -0.1) is 0 Å². The average molecular weight is 243 g/mol. The quantitative estimate of drug-likeness (QED) is 0.875. The van der Waals surface area contributed by atoms with Crippen molar-refractivity contribution in [3.8, 4) is 5.69 Å². The zero-order chi connectivity index (χ0) is 13.0. The summed E-state index contributed by atoms with van der Waals surface area (Å²) in [5, 5.41) is 7.96. The van der Waals surface area contributed by atoms with Crippen LogP contribution in [-0.2, 0) is 13.0 Å². The first-order chi connectivity index (χ1) is 8.72. The summed E-state index contributed by atoms with van der Waals surface area (Å²) in [6, 6.07) is 10.8. The number of aromatic nitrogens is 2. The van der Waals surface area contributed by atoms with Crippen LogP contribution in [0, 0.1) is 0 Å². The lowest BCUT2D eigenvalue weighted by Crippen LogP contribution is -2.22. The summed E-state index contributed by atoms with van der Waals surface area (Å²) < 4.78 is 2.04. The lowest BCUT2D eigenvalue weighted by Gasteiger charge is -2.10. The van der Waals surface area contributed by atoms with Gasteiger partial charge < -0.3 is 5.32 Å². The van der Waals surface area contributed by atoms with Gasteiger partial charge in [0.15, 0.2) is 0 Å². The standard InChI is InChI=1S/C15H21N3/c1-4-15-13(10-16-12(2)3)11-17-18(15)14-8-6-5-7-9-14/h5-9,11-12,16H,4,10H2,1-3H3. The molecule has 0 bridgehead atoms. The van der Waals surface area contributed by atoms with Crippen LogP contribution >= 0.6 is 0 Å². The maximum Gasteiger partial charge on any atom is 0.0648 e. The zero-order valence-electron chi connectivity index (χ0n) is 11.4. The first-order valence-corrected chi connectivity index (χ1v) is 6.57. The van der Waals surface area contributed by atoms with Crippen molar-refractivity contribution in [1.82, 2.24) is 15.1 Å². The Morgan fingerprint density at radius 1 is 1.22 bits per heavy atom. The van der Waals surface area contributed by atoms with E-state index in [2.05, 4.69) is 43.3 Å². The number of nitrogens with zero attached hydrogens (tertiary/aromatic N) is 2. The molecule has 2 rings (SSSR count). The Balaban J connectivity index is 2.27. The Morgan fingerprint density at radius 3 is 2.56 bits per heavy atom. The van der Waals surface area contributed by atoms with Crippen LogP contribution in [-0.4, -0.2) is 15.8 Å². The van der Waals surface area contributed by atoms with Crippen molar-refractivity contribution in [3.05, 3.63) is 47.8 Å². The Kier molecular flexibility index (Phi) is 4.15. The highest BCUT2D eigenvalue weighted by molar-refractivity contribution is 5.35. The van der Waals surface area contributed by atoms with Crippen molar-refractivity contribution in [3.63, 3.8) is 0 Å². The van der Waals surface area contributed by atoms with Crippen LogP contribution < -0.4 is 5.32 Å². The van der Waals surface area contributed by atoms with Crippen molar-refractivity contribution in [2.45, 2.75) is 39.8 Å². The Morgan fingerprint density at radius 2 is 1.94 bits per heavy atom. The molecule has 0 aliphatic heterocycles. The molecular weight excluding hydrogens is 222 g/mol. The van der Waals surface area contributed by atoms with E-state index in [9.17, 15) is 0 Å². The lowest BCUT2D eigenvalue weighted by molar-refractivity contribution is 0.586. The van der Waals surface area contributed by atoms with Crippen LogP contribution in [0.1, 0.15) is 32.0 Å². The van der Waals surface area contributed by atoms with Crippen molar-refractivity contribution in [2.75, 3.05) is 0 Å². The van der Waals surface area contributed by atoms with E-state index in [4.69, 9.17) is 0 Å². The predicted molar refractivity (Wildman–Crippen MR) is 74.9 cm³/mol. The first-order valence-electron chi connectivity index (χ1n) is 6.57. The van der Waals surface area contributed by atoms with Crippen molar-refractivity contribution in [1.29, 1.82) is 0 Å². The van der Waals surface area contributed by atoms with E-state index in [0.717, 1.165) is 18.7 Å². The van der Waals surface area contributed by atoms with E-state index >= 15 is 0 Å². The maximum absolute atomic E-state index is 4.51. The van der Waals surface area contributed by atoms with E-state index in [0.29, 0.717) is 6.04 Å². The molecule has 3 nitrogen and oxygen atoms in total. The van der Waals surface area contributed by atoms with Crippen molar-refractivity contribution in [2.24, 2.45) is 0 Å². The molecule has 18 heavy (non-hydrogen) atoms. The fraction of sp³-hybridized carbons (Fsp3) is 0.400. The Hall–Kier alpha value is -1.61. The average Bonchev–Trinajstić information content (AvgIpc) is 2.80. The zero-order valence-corrected chi connectivity index (χ0v) is 11.4. The van der Waals surface area contributed by atoms with Crippen molar-refractivity contribution < 1.29 is 0 Å². The van der Waals surface area contributed by atoms with Crippen LogP contribution in [0.3, 0.4) is 0 Å². The number of rotatable bonds is 5. The second-order valence-corrected chi connectivity index (χ2v) is 4.75. The van der Waals surface area contributed by atoms with Gasteiger partial charge in [-0.3, -0.25) is 0 Å². The molecule has 0 amide bonds. The van der Waals surface area contributed by atoms with Crippen LogP contribution in [0.4, 0.5) is 0 Å². The van der Waals surface area contributed by atoms with Gasteiger partial charge in [-0.2, -0.15) is 5.10 Å². The third-order valence-electron chi connectivity index (χ3n) is 2.99. The van der Waals surface area contributed by atoms with Gasteiger partial charge in [-0.1, -0.05) is 39.0 Å². The molecule has 0 aliphatic carbocycles. The second-order valence-electron chi connectivity index (χ2n) is 4.75. The number of nitrogens with one attached hydrogen (secondary N) is 1. The monoisotopic (exact) mass is 243 g/mol. The normalized spacial score (nSPS) is 11.1. The highest BCUT2D eigenvalue weighted by atomic mass is 15.3. The molecule has 1 aromatic heterocycles. The van der Waals surface area contributed by atoms with Gasteiger partial charge in [0, 0.05) is 23.8 Å². The third-order valence-corrected chi connectivity index (χ3v) is 2.99. The summed E-state index contributed by atoms with van der Waals surface area (Å²) in [7, 11) is 0. The van der Waals surface area contributed by atoms with Crippen molar-refractivity contribution >= 4 is 0 Å². The molecule has 0 unspecified atom stereocenters. The molecule has 3 heteroatoms. The summed E-state index contributed by atoms with van der Waals surface area (Å²) in [4.78, 5) is 0. The van der Waals surface area contributed by atoms with E-state index < -0.39 is 0 Å². The smallest absolute Gasteiger partial charge is 0.0648 e. The first kappa shape index (κ1) is 12.8. The van der Waals surface area contributed by atoms with Gasteiger partial charge in [0.1, 0.15) is 0 Å². The molecule has 0 atom stereocenters. The van der Waals surface area contributed by atoms with Gasteiger partial charge in [-0.05, 0) is 18.6 Å². The third kappa shape index (κ3) is 2.79. The van der Waals surface area contributed by atoms with E-state index in [1.54, 1.807) is 0 Å². The van der Waals surface area contributed by atoms with E-state index in [-0.39, 0.29) is 0 Å². The maximum atomic E-state index is 4.51. The second kappa shape index (κ2) is 5.83. The minimum atomic E-state index is 0.495. The van der Waals surface area contributed by atoms with E-state index in [1.165, 1.54) is 11.3 Å². The minimum Gasteiger partial charge on any atom is -0.310 e. The van der Waals surface area contributed by atoms with Gasteiger partial charge >= 0.3 is 0 Å². The molecule has 0 saturated carbocycles. The molecule has 1 N–H and O–H groups in total. The Bertz CT molecular complexity index is 486. The molecule has 0 spiro atoms. The predicted octanol–water partition coefficient (Wildman–Crippen LogP) is 2.93. The van der Waals surface area contributed by atoms with Gasteiger partial charge in [-0.25, -0.2) is 4.68 Å². The molecule has 0 radical (unpaired) electrons. The fourth-order valence-corrected chi connectivity index (χ4v) is 2.04. The highest BCUT2D eigenvalue weighted by Crippen LogP contribution is 2.15. The lowest BCUT2D eigenvalue weighted by atomic mass is 10.2. The Labute approximate surface area is 109 Å². The summed E-state index contributed by atoms with van der Waals surface area (Å²) in [6.07, 6.45) is 2.96. The molecule has 0 aliphatic rings. The summed E-state index contributed by atoms with van der Waals surface area (Å²) in [5.41, 5.74) is 3.70. The van der Waals surface area contributed by atoms with Gasteiger partial charge in [0.05, 0.1) is 11.9 Å². The van der Waals surface area contributed by atoms with Gasteiger partial charge in [0.2, 0.25) is 0 Å². The summed E-state index contributed by atoms with van der Waals surface area (Å²) in [6.45, 7) is 7.38. The number of hydrogen-bond acceptors (Lipinski definition) is 2. The fourth-order valence-electron chi connectivity index (χ4n) is 2.04.